The van der Waals surface area contributed by atoms with E-state index in [2.05, 4.69) is 0 Å². The second kappa shape index (κ2) is 4.61. The highest BCUT2D eigenvalue weighted by Crippen LogP contribution is 2.56. The molecule has 1 fully saturated rings. The summed E-state index contributed by atoms with van der Waals surface area (Å²) in [6, 6.07) is 0. The number of alkyl halides is 6. The minimum atomic E-state index is -6.67. The average molecular weight is 337 g/mol. The molecular weight excluding hydrogens is 326 g/mol. The Kier molecular flexibility index (Phi) is 3.64. The van der Waals surface area contributed by atoms with Crippen molar-refractivity contribution in [3.05, 3.63) is 12.2 Å². The third-order valence-corrected chi connectivity index (χ3v) is 5.79. The lowest BCUT2D eigenvalue weighted by Gasteiger charge is -2.41. The molecule has 0 spiro atoms. The van der Waals surface area contributed by atoms with Crippen LogP contribution in [0.4, 0.5) is 26.3 Å². The zero-order valence-electron chi connectivity index (χ0n) is 10.4. The quantitative estimate of drug-likeness (QED) is 0.452. The van der Waals surface area contributed by atoms with Crippen LogP contribution in [-0.4, -0.2) is 30.1 Å². The summed E-state index contributed by atoms with van der Waals surface area (Å²) < 4.78 is 105. The summed E-state index contributed by atoms with van der Waals surface area (Å²) in [4.78, 5) is 0. The van der Waals surface area contributed by atoms with Gasteiger partial charge in [-0.25, -0.2) is 8.42 Å². The van der Waals surface area contributed by atoms with Gasteiger partial charge in [0.1, 0.15) is 10.1 Å². The van der Waals surface area contributed by atoms with E-state index in [0.717, 1.165) is 0 Å². The van der Waals surface area contributed by atoms with E-state index >= 15 is 0 Å². The predicted octanol–water partition coefficient (Wildman–Crippen LogP) is 3.00. The molecule has 10 heteroatoms. The van der Waals surface area contributed by atoms with Crippen molar-refractivity contribution in [3.63, 3.8) is 0 Å². The Morgan fingerprint density at radius 3 is 1.81 bits per heavy atom. The van der Waals surface area contributed by atoms with Crippen LogP contribution in [0.5, 0.6) is 0 Å². The van der Waals surface area contributed by atoms with E-state index in [0.29, 0.717) is 6.42 Å². The number of fused-ring (bicyclic) bond motifs is 2. The van der Waals surface area contributed by atoms with Gasteiger partial charge < -0.3 is 4.55 Å². The Bertz CT molecular complexity index is 533. The van der Waals surface area contributed by atoms with Crippen molar-refractivity contribution in [2.75, 3.05) is 0 Å². The van der Waals surface area contributed by atoms with E-state index in [9.17, 15) is 39.3 Å². The van der Waals surface area contributed by atoms with Crippen molar-refractivity contribution in [2.45, 2.75) is 36.4 Å². The first-order valence-electron chi connectivity index (χ1n) is 6.07. The molecule has 21 heavy (non-hydrogen) atoms. The molecule has 0 aliphatic heterocycles. The highest BCUT2D eigenvalue weighted by Gasteiger charge is 2.75. The molecule has 0 N–H and O–H groups in total. The Morgan fingerprint density at radius 1 is 1.00 bits per heavy atom. The summed E-state index contributed by atoms with van der Waals surface area (Å²) in [7, 11) is -6.67. The van der Waals surface area contributed by atoms with E-state index in [-0.39, 0.29) is 12.3 Å². The number of halogens is 6. The monoisotopic (exact) mass is 337 g/mol. The van der Waals surface area contributed by atoms with Gasteiger partial charge in [-0.05, 0) is 37.0 Å². The predicted molar refractivity (Wildman–Crippen MR) is 58.0 cm³/mol. The van der Waals surface area contributed by atoms with Gasteiger partial charge in [-0.1, -0.05) is 12.2 Å². The highest BCUT2D eigenvalue weighted by atomic mass is 32.2. The minimum Gasteiger partial charge on any atom is -0.747 e. The highest BCUT2D eigenvalue weighted by molar-refractivity contribution is 7.87. The summed E-state index contributed by atoms with van der Waals surface area (Å²) in [6.07, 6.45) is -10.6. The van der Waals surface area contributed by atoms with Gasteiger partial charge in [-0.15, -0.1) is 0 Å². The minimum absolute atomic E-state index is 0.0323. The lowest BCUT2D eigenvalue weighted by Crippen LogP contribution is -2.62. The summed E-state index contributed by atoms with van der Waals surface area (Å²) >= 11 is 0. The molecule has 0 aromatic rings. The number of allylic oxidation sites excluding steroid dienone is 2. The largest absolute Gasteiger partial charge is 0.747 e. The van der Waals surface area contributed by atoms with Crippen LogP contribution in [0.15, 0.2) is 12.2 Å². The number of hydrogen-bond acceptors (Lipinski definition) is 3. The van der Waals surface area contributed by atoms with Gasteiger partial charge >= 0.3 is 12.4 Å². The number of hydrogen-bond donors (Lipinski definition) is 0. The Morgan fingerprint density at radius 2 is 1.52 bits per heavy atom. The van der Waals surface area contributed by atoms with Crippen LogP contribution in [0, 0.1) is 17.8 Å². The van der Waals surface area contributed by atoms with Gasteiger partial charge in [0.05, 0.1) is 0 Å². The van der Waals surface area contributed by atoms with Gasteiger partial charge in [-0.3, -0.25) is 0 Å². The standard InChI is InChI=1S/C11H12F6O3S/c12-10(13,14)9(11(15,16)17,21(18,19)20)5-8-4-6-1-2-7(8)3-6/h1-2,6-8H,3-5H2,(H,18,19,20)/p-1. The summed E-state index contributed by atoms with van der Waals surface area (Å²) in [5.74, 6) is -1.80. The molecule has 2 rings (SSSR count). The van der Waals surface area contributed by atoms with E-state index < -0.39 is 45.5 Å². The molecule has 0 heterocycles. The molecule has 0 aromatic heterocycles. The fourth-order valence-electron chi connectivity index (χ4n) is 3.28. The molecule has 1 saturated carbocycles. The Labute approximate surface area is 116 Å². The van der Waals surface area contributed by atoms with Crippen molar-refractivity contribution in [1.29, 1.82) is 0 Å². The van der Waals surface area contributed by atoms with Crippen LogP contribution in [0.1, 0.15) is 19.3 Å². The molecule has 2 aliphatic carbocycles. The fourth-order valence-corrected chi connectivity index (χ4v) is 4.26. The normalized spacial score (nSPS) is 30.1. The lowest BCUT2D eigenvalue weighted by atomic mass is 9.84. The molecule has 0 saturated heterocycles. The SMILES string of the molecule is O=S(=O)([O-])C(CC1CC2C=CC1C2)(C(F)(F)F)C(F)(F)F. The molecule has 2 aliphatic rings. The van der Waals surface area contributed by atoms with E-state index in [1.54, 1.807) is 6.08 Å². The first kappa shape index (κ1) is 16.6. The van der Waals surface area contributed by atoms with Crippen molar-refractivity contribution in [2.24, 2.45) is 17.8 Å². The zero-order valence-corrected chi connectivity index (χ0v) is 11.2. The third kappa shape index (κ3) is 2.45. The molecule has 3 atom stereocenters. The lowest BCUT2D eigenvalue weighted by molar-refractivity contribution is -0.273. The molecule has 0 radical (unpaired) electrons. The van der Waals surface area contributed by atoms with Crippen LogP contribution >= 0.6 is 0 Å². The summed E-state index contributed by atoms with van der Waals surface area (Å²) in [6.45, 7) is 0. The third-order valence-electron chi connectivity index (χ3n) is 4.31. The van der Waals surface area contributed by atoms with Gasteiger partial charge in [-0.2, -0.15) is 26.3 Å². The van der Waals surface area contributed by atoms with E-state index in [4.69, 9.17) is 0 Å². The maximum atomic E-state index is 12.9. The Hall–Kier alpha value is -0.770. The molecular formula is C11H11F6O3S-. The first-order valence-corrected chi connectivity index (χ1v) is 7.47. The van der Waals surface area contributed by atoms with Crippen LogP contribution < -0.4 is 0 Å². The maximum Gasteiger partial charge on any atom is 0.416 e. The van der Waals surface area contributed by atoms with E-state index in [1.807, 2.05) is 0 Å². The van der Waals surface area contributed by atoms with Crippen LogP contribution in [-0.2, 0) is 10.1 Å². The smallest absolute Gasteiger partial charge is 0.416 e. The van der Waals surface area contributed by atoms with Gasteiger partial charge in [0.25, 0.3) is 0 Å². The first-order chi connectivity index (χ1) is 9.29. The topological polar surface area (TPSA) is 57.2 Å². The van der Waals surface area contributed by atoms with Crippen molar-refractivity contribution in [1.82, 2.24) is 0 Å². The van der Waals surface area contributed by atoms with Crippen molar-refractivity contribution >= 4 is 10.1 Å². The van der Waals surface area contributed by atoms with Gasteiger partial charge in [0.2, 0.25) is 4.75 Å². The van der Waals surface area contributed by atoms with Gasteiger partial charge in [0, 0.05) is 0 Å². The van der Waals surface area contributed by atoms with E-state index in [1.165, 1.54) is 6.08 Å². The average Bonchev–Trinajstić information content (AvgIpc) is 2.81. The molecule has 2 bridgehead atoms. The maximum absolute atomic E-state index is 12.9. The second-order valence-electron chi connectivity index (χ2n) is 5.52. The molecule has 0 amide bonds. The van der Waals surface area contributed by atoms with Gasteiger partial charge in [0.15, 0.2) is 0 Å². The molecule has 3 unspecified atom stereocenters. The fraction of sp³-hybridized carbons (Fsp3) is 0.818. The molecule has 3 nitrogen and oxygen atoms in total. The Balaban J connectivity index is 2.48. The molecule has 122 valence electrons. The second-order valence-corrected chi connectivity index (χ2v) is 7.13. The van der Waals surface area contributed by atoms with Crippen molar-refractivity contribution in [3.8, 4) is 0 Å². The van der Waals surface area contributed by atoms with Crippen LogP contribution in [0.25, 0.3) is 0 Å². The molecule has 0 aromatic carbocycles. The summed E-state index contributed by atoms with van der Waals surface area (Å²) in [5, 5.41) is 0. The number of rotatable bonds is 3. The zero-order chi connectivity index (χ0) is 16.3. The summed E-state index contributed by atoms with van der Waals surface area (Å²) in [5.41, 5.74) is 0. The van der Waals surface area contributed by atoms with Crippen molar-refractivity contribution < 1.29 is 39.3 Å². The van der Waals surface area contributed by atoms with Crippen LogP contribution in [0.3, 0.4) is 0 Å². The van der Waals surface area contributed by atoms with Crippen LogP contribution in [0.2, 0.25) is 0 Å².